The second-order valence-corrected chi connectivity index (χ2v) is 7.88. The number of nitrogens with zero attached hydrogens (tertiary/aromatic N) is 2. The van der Waals surface area contributed by atoms with Crippen LogP contribution in [0, 0.1) is 11.6 Å². The Hall–Kier alpha value is -3.16. The lowest BCUT2D eigenvalue weighted by Gasteiger charge is -2.44. The number of halogens is 2. The van der Waals surface area contributed by atoms with Crippen molar-refractivity contribution in [3.05, 3.63) is 89.0 Å². The standard InChI is InChI=1S/C28H32F2N2O3/c1-19-17-31(18-22-9-14-25(33-2)28(35-4)27(22)34-3)15-16-32(19)26(20-5-10-23(29)11-6-20)21-7-12-24(30)13-8-21/h5-14,19,26H,15-18H2,1-4H3/i15D2,16D2,17D2,19D. The SMILES string of the molecule is [2H]C1([2H])N(Cc2ccc(OC)c(OC)c2OC)C([2H])([2H])C([2H])(C)N(C(c2ccc(F)cc2)c2ccc(F)cc2)C1([2H])[2H]. The van der Waals surface area contributed by atoms with Gasteiger partial charge in [-0.2, -0.15) is 0 Å². The molecule has 1 fully saturated rings. The van der Waals surface area contributed by atoms with E-state index in [-0.39, 0.29) is 28.2 Å². The van der Waals surface area contributed by atoms with Crippen LogP contribution in [-0.2, 0) is 6.54 Å². The maximum Gasteiger partial charge on any atom is 0.203 e. The summed E-state index contributed by atoms with van der Waals surface area (Å²) >= 11 is 0. The Bertz CT molecular complexity index is 1350. The Morgan fingerprint density at radius 2 is 1.43 bits per heavy atom. The summed E-state index contributed by atoms with van der Waals surface area (Å²) in [4.78, 5) is 1.45. The van der Waals surface area contributed by atoms with Gasteiger partial charge in [0, 0.05) is 47.2 Å². The minimum atomic E-state index is -3.06. The van der Waals surface area contributed by atoms with E-state index >= 15 is 0 Å². The molecule has 5 nitrogen and oxygen atoms in total. The zero-order valence-corrected chi connectivity index (χ0v) is 19.9. The molecule has 1 saturated heterocycles. The highest BCUT2D eigenvalue weighted by molar-refractivity contribution is 5.55. The molecule has 1 unspecified atom stereocenters. The Balaban J connectivity index is 1.91. The van der Waals surface area contributed by atoms with Gasteiger partial charge in [0.05, 0.1) is 27.4 Å². The van der Waals surface area contributed by atoms with Crippen molar-refractivity contribution in [2.75, 3.05) is 40.8 Å². The molecule has 1 heterocycles. The Morgan fingerprint density at radius 3 is 1.94 bits per heavy atom. The fourth-order valence-electron chi connectivity index (χ4n) is 4.05. The largest absolute Gasteiger partial charge is 0.493 e. The topological polar surface area (TPSA) is 34.2 Å². The van der Waals surface area contributed by atoms with Crippen LogP contribution in [0.15, 0.2) is 60.7 Å². The van der Waals surface area contributed by atoms with Gasteiger partial charge in [-0.3, -0.25) is 9.80 Å². The molecule has 7 heteroatoms. The molecule has 0 radical (unpaired) electrons. The lowest BCUT2D eigenvalue weighted by atomic mass is 9.94. The molecule has 1 aliphatic heterocycles. The summed E-state index contributed by atoms with van der Waals surface area (Å²) in [5, 5.41) is 0. The number of piperazine rings is 1. The third kappa shape index (κ3) is 5.41. The van der Waals surface area contributed by atoms with Crippen LogP contribution in [-0.4, -0.2) is 56.6 Å². The molecule has 186 valence electrons. The van der Waals surface area contributed by atoms with Crippen molar-refractivity contribution in [1.82, 2.24) is 9.80 Å². The maximum absolute atomic E-state index is 13.9. The molecular weight excluding hydrogens is 450 g/mol. The van der Waals surface area contributed by atoms with E-state index in [1.807, 2.05) is 0 Å². The van der Waals surface area contributed by atoms with Crippen LogP contribution in [0.3, 0.4) is 0 Å². The van der Waals surface area contributed by atoms with Crippen molar-refractivity contribution in [3.63, 3.8) is 0 Å². The van der Waals surface area contributed by atoms with Gasteiger partial charge in [0.2, 0.25) is 5.75 Å². The molecule has 3 aromatic rings. The van der Waals surface area contributed by atoms with Crippen molar-refractivity contribution in [2.45, 2.75) is 25.5 Å². The summed E-state index contributed by atoms with van der Waals surface area (Å²) in [6.45, 7) is -8.31. The first-order chi connectivity index (χ1) is 19.6. The van der Waals surface area contributed by atoms with Gasteiger partial charge in [-0.1, -0.05) is 30.3 Å². The van der Waals surface area contributed by atoms with Crippen LogP contribution in [0.25, 0.3) is 0 Å². The number of hydrogen-bond donors (Lipinski definition) is 0. The second-order valence-electron chi connectivity index (χ2n) is 7.88. The average Bonchev–Trinajstić information content (AvgIpc) is 2.93. The fourth-order valence-corrected chi connectivity index (χ4v) is 4.05. The second kappa shape index (κ2) is 11.1. The van der Waals surface area contributed by atoms with Crippen LogP contribution in [0.1, 0.15) is 39.3 Å². The van der Waals surface area contributed by atoms with Crippen LogP contribution in [0.5, 0.6) is 17.2 Å². The molecule has 1 atom stereocenters. The highest BCUT2D eigenvalue weighted by Gasteiger charge is 2.32. The molecule has 4 rings (SSSR count). The predicted molar refractivity (Wildman–Crippen MR) is 132 cm³/mol. The van der Waals surface area contributed by atoms with E-state index in [0.29, 0.717) is 10.6 Å². The maximum atomic E-state index is 13.9. The van der Waals surface area contributed by atoms with Gasteiger partial charge in [-0.05, 0) is 48.4 Å². The predicted octanol–water partition coefficient (Wildman–Crippen LogP) is 5.29. The smallest absolute Gasteiger partial charge is 0.203 e. The molecule has 0 N–H and O–H groups in total. The minimum Gasteiger partial charge on any atom is -0.493 e. The van der Waals surface area contributed by atoms with Gasteiger partial charge in [0.1, 0.15) is 11.6 Å². The first-order valence-electron chi connectivity index (χ1n) is 14.4. The van der Waals surface area contributed by atoms with Crippen LogP contribution < -0.4 is 14.2 Å². The van der Waals surface area contributed by atoms with E-state index in [1.54, 1.807) is 0 Å². The van der Waals surface area contributed by atoms with E-state index in [0.717, 1.165) is 36.1 Å². The molecule has 0 spiro atoms. The van der Waals surface area contributed by atoms with Crippen molar-refractivity contribution in [2.24, 2.45) is 0 Å². The zero-order valence-electron chi connectivity index (χ0n) is 26.9. The van der Waals surface area contributed by atoms with Gasteiger partial charge in [-0.15, -0.1) is 0 Å². The fraction of sp³-hybridized carbons (Fsp3) is 0.357. The summed E-state index contributed by atoms with van der Waals surface area (Å²) in [6, 6.07) is 9.20. The molecule has 35 heavy (non-hydrogen) atoms. The molecule has 3 aromatic carbocycles. The number of benzene rings is 3. The molecule has 0 amide bonds. The minimum absolute atomic E-state index is 0.133. The van der Waals surface area contributed by atoms with Gasteiger partial charge in [0.25, 0.3) is 0 Å². The van der Waals surface area contributed by atoms with Crippen molar-refractivity contribution in [1.29, 1.82) is 0 Å². The normalized spacial score (nSPS) is 26.3. The first kappa shape index (κ1) is 17.3. The number of methoxy groups -OCH3 is 3. The zero-order chi connectivity index (χ0) is 31.3. The summed E-state index contributed by atoms with van der Waals surface area (Å²) in [5.41, 5.74) is 0.774. The molecular formula is C28H32F2N2O3. The lowest BCUT2D eigenvalue weighted by Crippen LogP contribution is -2.52. The lowest BCUT2D eigenvalue weighted by molar-refractivity contribution is 0.0563. The third-order valence-electron chi connectivity index (χ3n) is 5.71. The van der Waals surface area contributed by atoms with Gasteiger partial charge < -0.3 is 14.2 Å². The number of ether oxygens (including phenoxy) is 3. The quantitative estimate of drug-likeness (QED) is 0.430. The van der Waals surface area contributed by atoms with E-state index in [1.165, 1.54) is 57.7 Å². The summed E-state index contributed by atoms with van der Waals surface area (Å²) in [5.74, 6) is -0.522. The van der Waals surface area contributed by atoms with Crippen LogP contribution >= 0.6 is 0 Å². The number of rotatable bonds is 8. The summed E-state index contributed by atoms with van der Waals surface area (Å²) in [6.07, 6.45) is 0. The highest BCUT2D eigenvalue weighted by atomic mass is 19.1. The molecule has 0 aliphatic carbocycles. The molecule has 0 bridgehead atoms. The molecule has 0 saturated carbocycles. The Morgan fingerprint density at radius 1 is 0.857 bits per heavy atom. The van der Waals surface area contributed by atoms with Gasteiger partial charge in [-0.25, -0.2) is 8.78 Å². The highest BCUT2D eigenvalue weighted by Crippen LogP contribution is 2.40. The average molecular weight is 490 g/mol. The van der Waals surface area contributed by atoms with Crippen LogP contribution in [0.2, 0.25) is 0 Å². The third-order valence-corrected chi connectivity index (χ3v) is 5.71. The van der Waals surface area contributed by atoms with Crippen LogP contribution in [0.4, 0.5) is 8.78 Å². The molecule has 0 aromatic heterocycles. The summed E-state index contributed by atoms with van der Waals surface area (Å²) in [7, 11) is 4.16. The van der Waals surface area contributed by atoms with E-state index in [2.05, 4.69) is 0 Å². The monoisotopic (exact) mass is 489 g/mol. The van der Waals surface area contributed by atoms with Gasteiger partial charge in [0.15, 0.2) is 11.5 Å². The van der Waals surface area contributed by atoms with Crippen molar-refractivity contribution >= 4 is 0 Å². The number of hydrogen-bond acceptors (Lipinski definition) is 5. The Labute approximate surface area is 215 Å². The Kier molecular flexibility index (Phi) is 5.46. The first-order valence-corrected chi connectivity index (χ1v) is 10.9. The van der Waals surface area contributed by atoms with Crippen molar-refractivity contribution in [3.8, 4) is 17.2 Å². The van der Waals surface area contributed by atoms with Crippen molar-refractivity contribution < 1.29 is 32.6 Å². The van der Waals surface area contributed by atoms with E-state index in [4.69, 9.17) is 22.4 Å². The van der Waals surface area contributed by atoms with Gasteiger partial charge >= 0.3 is 0 Å². The molecule has 1 aliphatic rings. The van der Waals surface area contributed by atoms with E-state index < -0.39 is 49.7 Å². The summed E-state index contributed by atoms with van der Waals surface area (Å²) < 4.78 is 108. The van der Waals surface area contributed by atoms with E-state index in [9.17, 15) is 10.2 Å².